The number of phenolic OH excluding ortho intramolecular Hbond substituents is 1. The Kier molecular flexibility index (Phi) is 5.68. The fraction of sp³-hybridized carbons (Fsp3) is 0.167. The zero-order chi connectivity index (χ0) is 17.5. The number of anilines is 1. The molecule has 2 aromatic rings. The monoisotopic (exact) mass is 325 g/mol. The molecule has 0 saturated carbocycles. The number of carbonyl (C=O) groups is 2. The van der Waals surface area contributed by atoms with Crippen molar-refractivity contribution in [2.45, 2.75) is 20.3 Å². The zero-order valence-electron chi connectivity index (χ0n) is 13.5. The Morgan fingerprint density at radius 3 is 2.46 bits per heavy atom. The van der Waals surface area contributed by atoms with Crippen molar-refractivity contribution in [1.82, 2.24) is 5.43 Å². The highest BCUT2D eigenvalue weighted by atomic mass is 16.3. The second-order valence-corrected chi connectivity index (χ2v) is 5.43. The van der Waals surface area contributed by atoms with Crippen molar-refractivity contribution in [2.24, 2.45) is 5.10 Å². The van der Waals surface area contributed by atoms with Gasteiger partial charge in [-0.2, -0.15) is 5.10 Å². The van der Waals surface area contributed by atoms with Crippen molar-refractivity contribution in [3.8, 4) is 5.75 Å². The molecule has 6 heteroatoms. The third kappa shape index (κ3) is 5.24. The molecule has 0 aliphatic carbocycles. The lowest BCUT2D eigenvalue weighted by Crippen LogP contribution is -2.24. The molecule has 2 amide bonds. The first-order valence-corrected chi connectivity index (χ1v) is 7.42. The summed E-state index contributed by atoms with van der Waals surface area (Å²) in [5.41, 5.74) is 5.74. The van der Waals surface area contributed by atoms with Crippen LogP contribution in [0, 0.1) is 13.8 Å². The number of aryl methyl sites for hydroxylation is 2. The molecule has 6 nitrogen and oxygen atoms in total. The van der Waals surface area contributed by atoms with Crippen LogP contribution >= 0.6 is 0 Å². The molecule has 0 atom stereocenters. The van der Waals surface area contributed by atoms with Crippen LogP contribution in [-0.4, -0.2) is 23.1 Å². The van der Waals surface area contributed by atoms with Gasteiger partial charge < -0.3 is 10.4 Å². The lowest BCUT2D eigenvalue weighted by molar-refractivity contribution is -0.126. The summed E-state index contributed by atoms with van der Waals surface area (Å²) in [6.45, 7) is 3.86. The number of hydrogen-bond acceptors (Lipinski definition) is 4. The highest BCUT2D eigenvalue weighted by Crippen LogP contribution is 2.16. The number of benzene rings is 2. The minimum Gasteiger partial charge on any atom is -0.508 e. The summed E-state index contributed by atoms with van der Waals surface area (Å²) in [5, 5.41) is 15.6. The third-order valence-electron chi connectivity index (χ3n) is 3.27. The van der Waals surface area contributed by atoms with E-state index in [1.807, 2.05) is 32.0 Å². The molecule has 2 aromatic carbocycles. The lowest BCUT2D eigenvalue weighted by Gasteiger charge is -2.08. The summed E-state index contributed by atoms with van der Waals surface area (Å²) in [7, 11) is 0. The van der Waals surface area contributed by atoms with Crippen molar-refractivity contribution in [1.29, 1.82) is 0 Å². The highest BCUT2D eigenvalue weighted by molar-refractivity contribution is 6.04. The summed E-state index contributed by atoms with van der Waals surface area (Å²) in [4.78, 5) is 23.6. The standard InChI is InChI=1S/C18H19N3O3/c1-12-3-8-16(13(2)9-12)20-17(23)10-18(24)21-19-11-14-4-6-15(22)7-5-14/h3-9,11,22H,10H2,1-2H3,(H,20,23)(H,21,24)/b19-11+. The fourth-order valence-corrected chi connectivity index (χ4v) is 2.07. The molecular formula is C18H19N3O3. The van der Waals surface area contributed by atoms with E-state index in [1.54, 1.807) is 12.1 Å². The Morgan fingerprint density at radius 1 is 1.08 bits per heavy atom. The topological polar surface area (TPSA) is 90.8 Å². The molecule has 0 unspecified atom stereocenters. The Morgan fingerprint density at radius 2 is 1.79 bits per heavy atom. The number of rotatable bonds is 5. The van der Waals surface area contributed by atoms with Crippen LogP contribution in [0.5, 0.6) is 5.75 Å². The van der Waals surface area contributed by atoms with Crippen LogP contribution in [-0.2, 0) is 9.59 Å². The van der Waals surface area contributed by atoms with E-state index in [0.29, 0.717) is 11.3 Å². The number of carbonyl (C=O) groups excluding carboxylic acids is 2. The number of nitrogens with zero attached hydrogens (tertiary/aromatic N) is 1. The Labute approximate surface area is 140 Å². The quantitative estimate of drug-likeness (QED) is 0.448. The van der Waals surface area contributed by atoms with Gasteiger partial charge in [-0.3, -0.25) is 9.59 Å². The molecule has 0 heterocycles. The summed E-state index contributed by atoms with van der Waals surface area (Å²) >= 11 is 0. The molecule has 0 spiro atoms. The van der Waals surface area contributed by atoms with Gasteiger partial charge in [-0.1, -0.05) is 17.7 Å². The Bertz CT molecular complexity index is 768. The molecule has 0 bridgehead atoms. The predicted molar refractivity (Wildman–Crippen MR) is 93.0 cm³/mol. The SMILES string of the molecule is Cc1ccc(NC(=O)CC(=O)N/N=C/c2ccc(O)cc2)c(C)c1. The molecule has 0 aliphatic heterocycles. The van der Waals surface area contributed by atoms with Crippen LogP contribution in [0.1, 0.15) is 23.1 Å². The van der Waals surface area contributed by atoms with Gasteiger partial charge in [0.15, 0.2) is 0 Å². The molecular weight excluding hydrogens is 306 g/mol. The van der Waals surface area contributed by atoms with Crippen molar-refractivity contribution >= 4 is 23.7 Å². The van der Waals surface area contributed by atoms with E-state index in [9.17, 15) is 9.59 Å². The van der Waals surface area contributed by atoms with E-state index in [-0.39, 0.29) is 12.2 Å². The minimum atomic E-state index is -0.507. The first kappa shape index (κ1) is 17.2. The fourth-order valence-electron chi connectivity index (χ4n) is 2.07. The number of amides is 2. The minimum absolute atomic E-state index is 0.152. The molecule has 0 aromatic heterocycles. The van der Waals surface area contributed by atoms with Crippen molar-refractivity contribution < 1.29 is 14.7 Å². The van der Waals surface area contributed by atoms with Crippen LogP contribution in [0.2, 0.25) is 0 Å². The van der Waals surface area contributed by atoms with Gasteiger partial charge in [-0.15, -0.1) is 0 Å². The van der Waals surface area contributed by atoms with E-state index >= 15 is 0 Å². The molecule has 3 N–H and O–H groups in total. The predicted octanol–water partition coefficient (Wildman–Crippen LogP) is 2.49. The van der Waals surface area contributed by atoms with E-state index in [1.165, 1.54) is 18.3 Å². The second-order valence-electron chi connectivity index (χ2n) is 5.43. The van der Waals surface area contributed by atoms with Crippen molar-refractivity contribution in [3.63, 3.8) is 0 Å². The maximum absolute atomic E-state index is 11.9. The lowest BCUT2D eigenvalue weighted by atomic mass is 10.1. The maximum Gasteiger partial charge on any atom is 0.249 e. The summed E-state index contributed by atoms with van der Waals surface area (Å²) in [6.07, 6.45) is 1.11. The molecule has 2 rings (SSSR count). The average molecular weight is 325 g/mol. The Hall–Kier alpha value is -3.15. The van der Waals surface area contributed by atoms with Gasteiger partial charge in [0.1, 0.15) is 12.2 Å². The largest absolute Gasteiger partial charge is 0.508 e. The number of hydrazone groups is 1. The van der Waals surface area contributed by atoms with Gasteiger partial charge >= 0.3 is 0 Å². The van der Waals surface area contributed by atoms with Crippen LogP contribution < -0.4 is 10.7 Å². The number of nitrogens with one attached hydrogen (secondary N) is 2. The van der Waals surface area contributed by atoms with Crippen LogP contribution in [0.3, 0.4) is 0 Å². The van der Waals surface area contributed by atoms with E-state index in [2.05, 4.69) is 15.8 Å². The second kappa shape index (κ2) is 7.92. The molecule has 0 saturated heterocycles. The molecule has 24 heavy (non-hydrogen) atoms. The maximum atomic E-state index is 11.9. The van der Waals surface area contributed by atoms with Gasteiger partial charge in [0.25, 0.3) is 0 Å². The number of phenols is 1. The van der Waals surface area contributed by atoms with Gasteiger partial charge in [0.2, 0.25) is 11.8 Å². The average Bonchev–Trinajstić information content (AvgIpc) is 2.52. The highest BCUT2D eigenvalue weighted by Gasteiger charge is 2.10. The van der Waals surface area contributed by atoms with E-state index < -0.39 is 11.8 Å². The van der Waals surface area contributed by atoms with Gasteiger partial charge in [0, 0.05) is 5.69 Å². The third-order valence-corrected chi connectivity index (χ3v) is 3.27. The van der Waals surface area contributed by atoms with Crippen LogP contribution in [0.25, 0.3) is 0 Å². The first-order valence-electron chi connectivity index (χ1n) is 7.42. The van der Waals surface area contributed by atoms with Gasteiger partial charge in [0.05, 0.1) is 6.21 Å². The summed E-state index contributed by atoms with van der Waals surface area (Å²) < 4.78 is 0. The number of hydrogen-bond donors (Lipinski definition) is 3. The normalized spacial score (nSPS) is 10.6. The van der Waals surface area contributed by atoms with E-state index in [0.717, 1.165) is 11.1 Å². The first-order chi connectivity index (χ1) is 11.4. The van der Waals surface area contributed by atoms with Gasteiger partial charge in [-0.05, 0) is 55.3 Å². The molecule has 0 radical (unpaired) electrons. The summed E-state index contributed by atoms with van der Waals surface area (Å²) in [5.74, 6) is -0.758. The smallest absolute Gasteiger partial charge is 0.249 e. The van der Waals surface area contributed by atoms with Crippen LogP contribution in [0.4, 0.5) is 5.69 Å². The van der Waals surface area contributed by atoms with E-state index in [4.69, 9.17) is 5.11 Å². The van der Waals surface area contributed by atoms with Crippen molar-refractivity contribution in [2.75, 3.05) is 5.32 Å². The summed E-state index contributed by atoms with van der Waals surface area (Å²) in [6, 6.07) is 12.0. The van der Waals surface area contributed by atoms with Gasteiger partial charge in [-0.25, -0.2) is 5.43 Å². The number of aromatic hydroxyl groups is 1. The van der Waals surface area contributed by atoms with Crippen LogP contribution in [0.15, 0.2) is 47.6 Å². The van der Waals surface area contributed by atoms with Crippen molar-refractivity contribution in [3.05, 3.63) is 59.2 Å². The zero-order valence-corrected chi connectivity index (χ0v) is 13.5. The molecule has 0 fully saturated rings. The Balaban J connectivity index is 1.83. The molecule has 0 aliphatic rings. The molecule has 124 valence electrons.